The first-order valence-corrected chi connectivity index (χ1v) is 9.98. The summed E-state index contributed by atoms with van der Waals surface area (Å²) in [5.74, 6) is 0.635. The Morgan fingerprint density at radius 1 is 1.12 bits per heavy atom. The lowest BCUT2D eigenvalue weighted by Gasteiger charge is -2.35. The first-order chi connectivity index (χ1) is 12.0. The van der Waals surface area contributed by atoms with Crippen molar-refractivity contribution in [2.24, 2.45) is 5.92 Å². The molecule has 1 nitrogen and oxygen atoms in total. The van der Waals surface area contributed by atoms with Gasteiger partial charge in [0.1, 0.15) is 0 Å². The van der Waals surface area contributed by atoms with Gasteiger partial charge in [0.15, 0.2) is 0 Å². The Bertz CT molecular complexity index is 419. The van der Waals surface area contributed by atoms with Gasteiger partial charge < -0.3 is 0 Å². The molecule has 1 rings (SSSR count). The molecule has 0 amide bonds. The molecule has 1 aromatic rings. The first-order valence-electron chi connectivity index (χ1n) is 9.98. The molecular weight excluding hydrogens is 302 g/mol. The van der Waals surface area contributed by atoms with Crippen molar-refractivity contribution in [2.45, 2.75) is 73.8 Å². The molecule has 0 N–H and O–H groups in total. The van der Waals surface area contributed by atoms with Gasteiger partial charge in [0.2, 0.25) is 0 Å². The average molecular weight is 346 g/mol. The minimum Gasteiger partial charge on any atom is -0.296 e. The van der Waals surface area contributed by atoms with Crippen LogP contribution in [0.1, 0.15) is 66.9 Å². The van der Waals surface area contributed by atoms with Crippen LogP contribution in [0.2, 0.25) is 0 Å². The van der Waals surface area contributed by atoms with Crippen LogP contribution in [0, 0.1) is 5.92 Å². The summed E-state index contributed by atoms with van der Waals surface area (Å²) in [6, 6.07) is 11.3. The maximum atomic E-state index is 4.20. The zero-order chi connectivity index (χ0) is 19.7. The molecular formula is C24H43N. The normalized spacial score (nSPS) is 11.1. The first kappa shape index (κ1) is 25.9. The molecule has 0 spiro atoms. The van der Waals surface area contributed by atoms with E-state index < -0.39 is 0 Å². The van der Waals surface area contributed by atoms with Crippen molar-refractivity contribution in [1.82, 2.24) is 4.90 Å². The third kappa shape index (κ3) is 12.6. The lowest BCUT2D eigenvalue weighted by molar-refractivity contribution is 0.179. The van der Waals surface area contributed by atoms with Gasteiger partial charge in [0.25, 0.3) is 0 Å². The molecule has 1 heteroatoms. The zero-order valence-corrected chi connectivity index (χ0v) is 18.0. The van der Waals surface area contributed by atoms with E-state index >= 15 is 0 Å². The summed E-state index contributed by atoms with van der Waals surface area (Å²) in [5, 5.41) is 0. The van der Waals surface area contributed by atoms with Crippen molar-refractivity contribution in [3.63, 3.8) is 0 Å². The highest BCUT2D eigenvalue weighted by Gasteiger charge is 2.21. The molecule has 0 saturated carbocycles. The molecule has 0 aliphatic rings. The fraction of sp³-hybridized carbons (Fsp3) is 0.583. The molecule has 144 valence electrons. The molecule has 0 unspecified atom stereocenters. The molecule has 0 aliphatic carbocycles. The standard InChI is InChI=1S/C19H31N.C3H6.C2H6/c1-6-14-20(19(16(2)3)17(4)5)15-10-13-18-11-8-7-9-12-18;1-3-2;1-2/h7-9,11-12,17,19H,2,6,10,13-15H2,1,3-5H3;3H,1H2,2H3;1-2H3/t19-;;/m0../s1. The number of aryl methyl sites for hydroxylation is 1. The topological polar surface area (TPSA) is 3.24 Å². The van der Waals surface area contributed by atoms with Crippen LogP contribution in [0.5, 0.6) is 0 Å². The number of allylic oxidation sites excluding steroid dienone is 1. The minimum absolute atomic E-state index is 0.519. The monoisotopic (exact) mass is 345 g/mol. The predicted molar refractivity (Wildman–Crippen MR) is 117 cm³/mol. The number of hydrogen-bond acceptors (Lipinski definition) is 1. The summed E-state index contributed by atoms with van der Waals surface area (Å²) in [5.41, 5.74) is 2.74. The third-order valence-corrected chi connectivity index (χ3v) is 3.79. The minimum atomic E-state index is 0.519. The second-order valence-corrected chi connectivity index (χ2v) is 6.57. The van der Waals surface area contributed by atoms with Gasteiger partial charge in [0, 0.05) is 6.04 Å². The SMILES string of the molecule is C=C(C)[C@@H](C(C)C)N(CCC)CCCc1ccccc1.C=CC.CC. The lowest BCUT2D eigenvalue weighted by atomic mass is 9.95. The van der Waals surface area contributed by atoms with E-state index in [1.54, 1.807) is 6.08 Å². The molecule has 1 atom stereocenters. The molecule has 25 heavy (non-hydrogen) atoms. The highest BCUT2D eigenvalue weighted by Crippen LogP contribution is 2.19. The second-order valence-electron chi connectivity index (χ2n) is 6.57. The predicted octanol–water partition coefficient (Wildman–Crippen LogP) is 7.15. The van der Waals surface area contributed by atoms with Crippen molar-refractivity contribution >= 4 is 0 Å². The van der Waals surface area contributed by atoms with E-state index in [0.717, 1.165) is 0 Å². The van der Waals surface area contributed by atoms with Crippen LogP contribution in [-0.2, 0) is 6.42 Å². The van der Waals surface area contributed by atoms with Crippen LogP contribution < -0.4 is 0 Å². The maximum Gasteiger partial charge on any atom is 0.0325 e. The van der Waals surface area contributed by atoms with E-state index in [4.69, 9.17) is 0 Å². The Labute approximate surface area is 158 Å². The smallest absolute Gasteiger partial charge is 0.0325 e. The highest BCUT2D eigenvalue weighted by atomic mass is 15.2. The van der Waals surface area contributed by atoms with Crippen molar-refractivity contribution in [1.29, 1.82) is 0 Å². The van der Waals surface area contributed by atoms with E-state index in [9.17, 15) is 0 Å². The number of benzene rings is 1. The van der Waals surface area contributed by atoms with Crippen LogP contribution in [0.3, 0.4) is 0 Å². The Balaban J connectivity index is 0. The summed E-state index contributed by atoms with van der Waals surface area (Å²) in [7, 11) is 0. The van der Waals surface area contributed by atoms with Gasteiger partial charge >= 0.3 is 0 Å². The van der Waals surface area contributed by atoms with Crippen LogP contribution in [0.15, 0.2) is 55.1 Å². The van der Waals surface area contributed by atoms with Gasteiger partial charge in [-0.1, -0.05) is 83.2 Å². The highest BCUT2D eigenvalue weighted by molar-refractivity contribution is 5.14. The van der Waals surface area contributed by atoms with Gasteiger partial charge in [-0.15, -0.1) is 6.58 Å². The van der Waals surface area contributed by atoms with Gasteiger partial charge in [0.05, 0.1) is 0 Å². The second kappa shape index (κ2) is 17.5. The lowest BCUT2D eigenvalue weighted by Crippen LogP contribution is -2.41. The number of nitrogens with zero attached hydrogens (tertiary/aromatic N) is 1. The van der Waals surface area contributed by atoms with Crippen molar-refractivity contribution in [3.05, 3.63) is 60.7 Å². The van der Waals surface area contributed by atoms with Gasteiger partial charge in [-0.2, -0.15) is 0 Å². The largest absolute Gasteiger partial charge is 0.296 e. The molecule has 0 aromatic heterocycles. The molecule has 0 saturated heterocycles. The molecule has 1 aromatic carbocycles. The van der Waals surface area contributed by atoms with Crippen molar-refractivity contribution < 1.29 is 0 Å². The van der Waals surface area contributed by atoms with Gasteiger partial charge in [-0.25, -0.2) is 0 Å². The molecule has 0 fully saturated rings. The van der Waals surface area contributed by atoms with Crippen LogP contribution in [0.25, 0.3) is 0 Å². The van der Waals surface area contributed by atoms with E-state index in [1.807, 2.05) is 20.8 Å². The number of hydrogen-bond donors (Lipinski definition) is 0. The van der Waals surface area contributed by atoms with Gasteiger partial charge in [-0.3, -0.25) is 4.90 Å². The fourth-order valence-corrected chi connectivity index (χ4v) is 3.11. The maximum absolute atomic E-state index is 4.20. The zero-order valence-electron chi connectivity index (χ0n) is 18.0. The van der Waals surface area contributed by atoms with E-state index in [-0.39, 0.29) is 0 Å². The van der Waals surface area contributed by atoms with E-state index in [1.165, 1.54) is 43.5 Å². The molecule has 0 aliphatic heterocycles. The van der Waals surface area contributed by atoms with Crippen molar-refractivity contribution in [2.75, 3.05) is 13.1 Å². The Morgan fingerprint density at radius 3 is 2.04 bits per heavy atom. The summed E-state index contributed by atoms with van der Waals surface area (Å²) in [4.78, 5) is 2.62. The van der Waals surface area contributed by atoms with Gasteiger partial charge in [-0.05, 0) is 57.7 Å². The summed E-state index contributed by atoms with van der Waals surface area (Å²) in [6.07, 6.45) is 5.35. The Hall–Kier alpha value is -1.34. The van der Waals surface area contributed by atoms with Crippen molar-refractivity contribution in [3.8, 4) is 0 Å². The summed E-state index contributed by atoms with van der Waals surface area (Å²) in [6.45, 7) is 24.8. The molecule has 0 heterocycles. The Morgan fingerprint density at radius 2 is 1.64 bits per heavy atom. The molecule has 0 radical (unpaired) electrons. The van der Waals surface area contributed by atoms with Crippen LogP contribution in [0.4, 0.5) is 0 Å². The van der Waals surface area contributed by atoms with Crippen LogP contribution in [-0.4, -0.2) is 24.0 Å². The summed E-state index contributed by atoms with van der Waals surface area (Å²) >= 11 is 0. The molecule has 0 bridgehead atoms. The number of rotatable bonds is 9. The van der Waals surface area contributed by atoms with E-state index in [2.05, 4.69) is 76.1 Å². The average Bonchev–Trinajstić information content (AvgIpc) is 2.58. The Kier molecular flexibility index (Phi) is 18.1. The third-order valence-electron chi connectivity index (χ3n) is 3.79. The van der Waals surface area contributed by atoms with Crippen LogP contribution >= 0.6 is 0 Å². The van der Waals surface area contributed by atoms with E-state index in [0.29, 0.717) is 12.0 Å². The summed E-state index contributed by atoms with van der Waals surface area (Å²) < 4.78 is 0. The fourth-order valence-electron chi connectivity index (χ4n) is 3.11. The quantitative estimate of drug-likeness (QED) is 0.429.